The molecule has 1 fully saturated rings. The molecule has 0 radical (unpaired) electrons. The standard InChI is InChI=1S/C15H28N6O.2ClH/c1-4-12(2)20(3)10-9-17-15(22)14-11-21(19-18-14)13-5-7-16-8-6-13;;/h11-13,16H,4-10H2,1-3H3,(H,17,22);2*1H. The van der Waals surface area contributed by atoms with E-state index in [-0.39, 0.29) is 30.7 Å². The molecule has 1 atom stereocenters. The number of nitrogens with zero attached hydrogens (tertiary/aromatic N) is 4. The summed E-state index contributed by atoms with van der Waals surface area (Å²) in [5.74, 6) is -0.141. The van der Waals surface area contributed by atoms with Crippen molar-refractivity contribution in [2.75, 3.05) is 33.2 Å². The van der Waals surface area contributed by atoms with Crippen LogP contribution in [0, 0.1) is 0 Å². The van der Waals surface area contributed by atoms with E-state index in [9.17, 15) is 4.79 Å². The van der Waals surface area contributed by atoms with Crippen molar-refractivity contribution in [3.63, 3.8) is 0 Å². The van der Waals surface area contributed by atoms with Crippen LogP contribution >= 0.6 is 24.8 Å². The van der Waals surface area contributed by atoms with Gasteiger partial charge in [-0.1, -0.05) is 12.1 Å². The Hall–Kier alpha value is -0.890. The number of carbonyl (C=O) groups is 1. The molecule has 0 saturated carbocycles. The molecule has 1 aromatic heterocycles. The maximum Gasteiger partial charge on any atom is 0.273 e. The summed E-state index contributed by atoms with van der Waals surface area (Å²) in [6.07, 6.45) is 4.94. The third kappa shape index (κ3) is 6.55. The van der Waals surface area contributed by atoms with Gasteiger partial charge in [-0.25, -0.2) is 4.68 Å². The first-order valence-corrected chi connectivity index (χ1v) is 8.22. The van der Waals surface area contributed by atoms with Gasteiger partial charge >= 0.3 is 0 Å². The molecule has 0 spiro atoms. The number of hydrogen-bond acceptors (Lipinski definition) is 5. The molecule has 0 aliphatic carbocycles. The molecule has 2 N–H and O–H groups in total. The van der Waals surface area contributed by atoms with Gasteiger partial charge in [0.25, 0.3) is 5.91 Å². The van der Waals surface area contributed by atoms with Crippen LogP contribution in [0.4, 0.5) is 0 Å². The first kappa shape index (κ1) is 23.1. The van der Waals surface area contributed by atoms with Crippen LogP contribution in [0.3, 0.4) is 0 Å². The highest BCUT2D eigenvalue weighted by molar-refractivity contribution is 5.91. The summed E-state index contributed by atoms with van der Waals surface area (Å²) in [7, 11) is 2.08. The Morgan fingerprint density at radius 2 is 2.12 bits per heavy atom. The van der Waals surface area contributed by atoms with Gasteiger partial charge in [-0.3, -0.25) is 4.79 Å². The second kappa shape index (κ2) is 11.6. The van der Waals surface area contributed by atoms with Crippen LogP contribution in [0.15, 0.2) is 6.20 Å². The van der Waals surface area contributed by atoms with E-state index in [1.165, 1.54) is 0 Å². The van der Waals surface area contributed by atoms with Gasteiger partial charge in [0, 0.05) is 19.1 Å². The third-order valence-corrected chi connectivity index (χ3v) is 4.52. The van der Waals surface area contributed by atoms with Gasteiger partial charge in [0.05, 0.1) is 12.2 Å². The summed E-state index contributed by atoms with van der Waals surface area (Å²) in [6.45, 7) is 7.80. The molecular formula is C15H30Cl2N6O. The molecule has 2 heterocycles. The topological polar surface area (TPSA) is 75.1 Å². The van der Waals surface area contributed by atoms with Crippen molar-refractivity contribution in [1.82, 2.24) is 30.5 Å². The van der Waals surface area contributed by atoms with Gasteiger partial charge in [-0.2, -0.15) is 0 Å². The number of rotatable bonds is 7. The van der Waals surface area contributed by atoms with Gasteiger partial charge in [-0.15, -0.1) is 29.9 Å². The number of hydrogen-bond donors (Lipinski definition) is 2. The van der Waals surface area contributed by atoms with Crippen LogP contribution in [0.25, 0.3) is 0 Å². The molecule has 7 nitrogen and oxygen atoms in total. The molecule has 2 rings (SSSR count). The number of piperidine rings is 1. The molecule has 9 heteroatoms. The molecule has 1 aliphatic heterocycles. The Bertz CT molecular complexity index is 478. The van der Waals surface area contributed by atoms with E-state index in [1.54, 1.807) is 6.20 Å². The predicted octanol–water partition coefficient (Wildman–Crippen LogP) is 1.51. The van der Waals surface area contributed by atoms with Crippen molar-refractivity contribution in [1.29, 1.82) is 0 Å². The summed E-state index contributed by atoms with van der Waals surface area (Å²) in [4.78, 5) is 14.3. The second-order valence-electron chi connectivity index (χ2n) is 6.06. The van der Waals surface area contributed by atoms with Crippen molar-refractivity contribution in [3.8, 4) is 0 Å². The zero-order valence-corrected chi connectivity index (χ0v) is 16.3. The number of amides is 1. The Kier molecular flexibility index (Phi) is 11.2. The minimum Gasteiger partial charge on any atom is -0.349 e. The molecule has 24 heavy (non-hydrogen) atoms. The summed E-state index contributed by atoms with van der Waals surface area (Å²) >= 11 is 0. The highest BCUT2D eigenvalue weighted by Crippen LogP contribution is 2.16. The van der Waals surface area contributed by atoms with Crippen molar-refractivity contribution in [2.45, 2.75) is 45.2 Å². The lowest BCUT2D eigenvalue weighted by atomic mass is 10.1. The maximum absolute atomic E-state index is 12.1. The van der Waals surface area contributed by atoms with E-state index >= 15 is 0 Å². The molecule has 140 valence electrons. The lowest BCUT2D eigenvalue weighted by Crippen LogP contribution is -2.37. The highest BCUT2D eigenvalue weighted by Gasteiger charge is 2.18. The summed E-state index contributed by atoms with van der Waals surface area (Å²) in [5, 5.41) is 14.4. The number of likely N-dealkylation sites (N-methyl/N-ethyl adjacent to an activating group) is 1. The van der Waals surface area contributed by atoms with Crippen molar-refractivity contribution >= 4 is 30.7 Å². The Morgan fingerprint density at radius 1 is 1.46 bits per heavy atom. The molecule has 0 bridgehead atoms. The van der Waals surface area contributed by atoms with E-state index in [0.717, 1.165) is 38.9 Å². The zero-order chi connectivity index (χ0) is 15.9. The first-order chi connectivity index (χ1) is 10.6. The average molecular weight is 381 g/mol. The van der Waals surface area contributed by atoms with Crippen molar-refractivity contribution < 1.29 is 4.79 Å². The molecule has 1 aromatic rings. The second-order valence-corrected chi connectivity index (χ2v) is 6.06. The maximum atomic E-state index is 12.1. The summed E-state index contributed by atoms with van der Waals surface area (Å²) < 4.78 is 1.83. The van der Waals surface area contributed by atoms with Crippen LogP contribution < -0.4 is 10.6 Å². The molecule has 1 saturated heterocycles. The predicted molar refractivity (Wildman–Crippen MR) is 100 cm³/mol. The Morgan fingerprint density at radius 3 is 2.75 bits per heavy atom. The number of halogens is 2. The van der Waals surface area contributed by atoms with E-state index in [0.29, 0.717) is 24.3 Å². The van der Waals surface area contributed by atoms with Gasteiger partial charge in [0.2, 0.25) is 0 Å². The van der Waals surface area contributed by atoms with Gasteiger partial charge < -0.3 is 15.5 Å². The van der Waals surface area contributed by atoms with Crippen molar-refractivity contribution in [3.05, 3.63) is 11.9 Å². The van der Waals surface area contributed by atoms with E-state index in [4.69, 9.17) is 0 Å². The van der Waals surface area contributed by atoms with Gasteiger partial charge in [-0.05, 0) is 46.3 Å². The molecule has 1 amide bonds. The minimum absolute atomic E-state index is 0. The fourth-order valence-corrected chi connectivity index (χ4v) is 2.60. The third-order valence-electron chi connectivity index (χ3n) is 4.52. The molecule has 1 unspecified atom stereocenters. The molecule has 1 aliphatic rings. The lowest BCUT2D eigenvalue weighted by molar-refractivity contribution is 0.0942. The number of carbonyl (C=O) groups excluding carboxylic acids is 1. The summed E-state index contributed by atoms with van der Waals surface area (Å²) in [5.41, 5.74) is 0.407. The van der Waals surface area contributed by atoms with Crippen LogP contribution in [-0.2, 0) is 0 Å². The van der Waals surface area contributed by atoms with E-state index < -0.39 is 0 Å². The monoisotopic (exact) mass is 380 g/mol. The zero-order valence-electron chi connectivity index (χ0n) is 14.7. The van der Waals surface area contributed by atoms with Gasteiger partial charge in [0.15, 0.2) is 5.69 Å². The largest absolute Gasteiger partial charge is 0.349 e. The van der Waals surface area contributed by atoms with Gasteiger partial charge in [0.1, 0.15) is 0 Å². The smallest absolute Gasteiger partial charge is 0.273 e. The van der Waals surface area contributed by atoms with Crippen LogP contribution in [0.5, 0.6) is 0 Å². The van der Waals surface area contributed by atoms with Crippen LogP contribution in [-0.4, -0.2) is 65.1 Å². The molecule has 0 aromatic carbocycles. The normalized spacial score (nSPS) is 16.2. The first-order valence-electron chi connectivity index (χ1n) is 8.22. The van der Waals surface area contributed by atoms with Crippen LogP contribution in [0.2, 0.25) is 0 Å². The summed E-state index contributed by atoms with van der Waals surface area (Å²) in [6, 6.07) is 0.879. The minimum atomic E-state index is -0.141. The lowest BCUT2D eigenvalue weighted by Gasteiger charge is -2.23. The fraction of sp³-hybridized carbons (Fsp3) is 0.800. The van der Waals surface area contributed by atoms with E-state index in [2.05, 4.69) is 46.7 Å². The Labute approximate surface area is 156 Å². The Balaban J connectivity index is 0.00000264. The fourth-order valence-electron chi connectivity index (χ4n) is 2.60. The quantitative estimate of drug-likeness (QED) is 0.749. The highest BCUT2D eigenvalue weighted by atomic mass is 35.5. The molecular weight excluding hydrogens is 351 g/mol. The SMILES string of the molecule is CCC(C)N(C)CCNC(=O)c1cn(C2CCNCC2)nn1.Cl.Cl. The number of aromatic nitrogens is 3. The average Bonchev–Trinajstić information content (AvgIpc) is 3.04. The van der Waals surface area contributed by atoms with Crippen molar-refractivity contribution in [2.24, 2.45) is 0 Å². The van der Waals surface area contributed by atoms with Crippen LogP contribution in [0.1, 0.15) is 49.6 Å². The number of nitrogens with one attached hydrogen (secondary N) is 2. The van der Waals surface area contributed by atoms with E-state index in [1.807, 2.05) is 4.68 Å².